The van der Waals surface area contributed by atoms with Gasteiger partial charge >= 0.3 is 0 Å². The van der Waals surface area contributed by atoms with Crippen molar-refractivity contribution < 1.29 is 9.47 Å². The van der Waals surface area contributed by atoms with E-state index in [0.717, 1.165) is 6.42 Å². The van der Waals surface area contributed by atoms with Gasteiger partial charge in [-0.3, -0.25) is 0 Å². The minimum absolute atomic E-state index is 0.125. The minimum Gasteiger partial charge on any atom is -0.356 e. The standard InChI is InChI=1S/C6H13O2/c1-4-5-6(7-2)8-3/h5-6H,4H2,1-3H3. The van der Waals surface area contributed by atoms with Crippen LogP contribution >= 0.6 is 0 Å². The van der Waals surface area contributed by atoms with Gasteiger partial charge in [0.15, 0.2) is 6.29 Å². The van der Waals surface area contributed by atoms with Crippen molar-refractivity contribution in [1.29, 1.82) is 0 Å². The zero-order valence-corrected chi connectivity index (χ0v) is 5.68. The summed E-state index contributed by atoms with van der Waals surface area (Å²) >= 11 is 0. The Morgan fingerprint density at radius 1 is 1.38 bits per heavy atom. The van der Waals surface area contributed by atoms with E-state index in [1.54, 1.807) is 14.2 Å². The molecule has 0 saturated carbocycles. The smallest absolute Gasteiger partial charge is 0.160 e. The van der Waals surface area contributed by atoms with Crippen LogP contribution in [0, 0.1) is 6.42 Å². The molecule has 0 N–H and O–H groups in total. The van der Waals surface area contributed by atoms with E-state index >= 15 is 0 Å². The van der Waals surface area contributed by atoms with E-state index in [9.17, 15) is 0 Å². The summed E-state index contributed by atoms with van der Waals surface area (Å²) in [5.41, 5.74) is 0. The highest BCUT2D eigenvalue weighted by Gasteiger charge is 2.00. The maximum absolute atomic E-state index is 4.86. The molecule has 8 heavy (non-hydrogen) atoms. The Morgan fingerprint density at radius 3 is 2.00 bits per heavy atom. The van der Waals surface area contributed by atoms with Crippen LogP contribution < -0.4 is 0 Å². The molecule has 0 aromatic heterocycles. The fourth-order valence-electron chi connectivity index (χ4n) is 0.481. The molecule has 0 atom stereocenters. The fourth-order valence-corrected chi connectivity index (χ4v) is 0.481. The van der Waals surface area contributed by atoms with Crippen molar-refractivity contribution in [3.8, 4) is 0 Å². The Labute approximate surface area is 50.8 Å². The molecular weight excluding hydrogens is 104 g/mol. The van der Waals surface area contributed by atoms with E-state index in [1.165, 1.54) is 0 Å². The van der Waals surface area contributed by atoms with Gasteiger partial charge in [-0.15, -0.1) is 0 Å². The zero-order chi connectivity index (χ0) is 6.41. The second-order valence-electron chi connectivity index (χ2n) is 1.48. The van der Waals surface area contributed by atoms with Gasteiger partial charge in [0, 0.05) is 20.6 Å². The molecule has 2 nitrogen and oxygen atoms in total. The van der Waals surface area contributed by atoms with E-state index < -0.39 is 0 Å². The van der Waals surface area contributed by atoms with E-state index in [0.29, 0.717) is 0 Å². The van der Waals surface area contributed by atoms with Gasteiger partial charge in [0.2, 0.25) is 0 Å². The Bertz CT molecular complexity index is 41.8. The average molecular weight is 117 g/mol. The first-order valence-corrected chi connectivity index (χ1v) is 2.74. The average Bonchev–Trinajstić information content (AvgIpc) is 1.83. The third-order valence-electron chi connectivity index (χ3n) is 0.893. The summed E-state index contributed by atoms with van der Waals surface area (Å²) in [6, 6.07) is 0. The monoisotopic (exact) mass is 117 g/mol. The molecule has 0 saturated heterocycles. The van der Waals surface area contributed by atoms with Gasteiger partial charge in [0.1, 0.15) is 0 Å². The molecule has 2 heteroatoms. The van der Waals surface area contributed by atoms with Gasteiger partial charge in [-0.05, 0) is 6.42 Å². The number of hydrogen-bond acceptors (Lipinski definition) is 2. The maximum Gasteiger partial charge on any atom is 0.160 e. The van der Waals surface area contributed by atoms with Crippen molar-refractivity contribution in [3.05, 3.63) is 6.42 Å². The lowest BCUT2D eigenvalue weighted by Crippen LogP contribution is -2.12. The summed E-state index contributed by atoms with van der Waals surface area (Å²) < 4.78 is 9.72. The first-order chi connectivity index (χ1) is 3.85. The van der Waals surface area contributed by atoms with Gasteiger partial charge in [0.25, 0.3) is 0 Å². The molecule has 0 aliphatic heterocycles. The predicted octanol–water partition coefficient (Wildman–Crippen LogP) is 1.22. The van der Waals surface area contributed by atoms with Crippen LogP contribution in [-0.2, 0) is 9.47 Å². The molecular formula is C6H13O2. The van der Waals surface area contributed by atoms with Crippen LogP contribution in [0.2, 0.25) is 0 Å². The summed E-state index contributed by atoms with van der Waals surface area (Å²) in [4.78, 5) is 0. The van der Waals surface area contributed by atoms with E-state index in [4.69, 9.17) is 9.47 Å². The van der Waals surface area contributed by atoms with Crippen molar-refractivity contribution in [2.45, 2.75) is 19.6 Å². The second kappa shape index (κ2) is 5.06. The summed E-state index contributed by atoms with van der Waals surface area (Å²) in [6.45, 7) is 2.05. The Kier molecular flexibility index (Phi) is 5.01. The molecule has 0 heterocycles. The highest BCUT2D eigenvalue weighted by Crippen LogP contribution is 1.97. The van der Waals surface area contributed by atoms with Crippen molar-refractivity contribution in [2.75, 3.05) is 14.2 Å². The van der Waals surface area contributed by atoms with Gasteiger partial charge in [-0.1, -0.05) is 6.92 Å². The van der Waals surface area contributed by atoms with Crippen LogP contribution in [0.15, 0.2) is 0 Å². The van der Waals surface area contributed by atoms with Crippen LogP contribution in [0.1, 0.15) is 13.3 Å². The Balaban J connectivity index is 3.07. The van der Waals surface area contributed by atoms with E-state index in [2.05, 4.69) is 0 Å². The number of methoxy groups -OCH3 is 2. The molecule has 0 bridgehead atoms. The zero-order valence-electron chi connectivity index (χ0n) is 5.68. The summed E-state index contributed by atoms with van der Waals surface area (Å²) in [5, 5.41) is 0. The minimum atomic E-state index is -0.125. The van der Waals surface area contributed by atoms with Gasteiger partial charge in [0.05, 0.1) is 0 Å². The van der Waals surface area contributed by atoms with E-state index in [1.807, 2.05) is 13.3 Å². The molecule has 0 amide bonds. The molecule has 0 unspecified atom stereocenters. The van der Waals surface area contributed by atoms with E-state index in [-0.39, 0.29) is 6.29 Å². The van der Waals surface area contributed by atoms with Crippen molar-refractivity contribution in [2.24, 2.45) is 0 Å². The third kappa shape index (κ3) is 2.99. The molecule has 0 aliphatic carbocycles. The van der Waals surface area contributed by atoms with Crippen molar-refractivity contribution in [1.82, 2.24) is 0 Å². The Morgan fingerprint density at radius 2 is 1.88 bits per heavy atom. The highest BCUT2D eigenvalue weighted by atomic mass is 16.7. The lowest BCUT2D eigenvalue weighted by molar-refractivity contribution is -0.0793. The molecule has 49 valence electrons. The van der Waals surface area contributed by atoms with Crippen LogP contribution in [0.3, 0.4) is 0 Å². The van der Waals surface area contributed by atoms with Crippen molar-refractivity contribution >= 4 is 0 Å². The Hall–Kier alpha value is -0.0800. The normalized spacial score (nSPS) is 10.5. The lowest BCUT2D eigenvalue weighted by atomic mass is 10.3. The molecule has 1 radical (unpaired) electrons. The SMILES string of the molecule is CC[CH]C(OC)OC. The maximum atomic E-state index is 4.86. The molecule has 0 aromatic carbocycles. The van der Waals surface area contributed by atoms with Crippen LogP contribution in [-0.4, -0.2) is 20.5 Å². The topological polar surface area (TPSA) is 18.5 Å². The van der Waals surface area contributed by atoms with Crippen LogP contribution in [0.5, 0.6) is 0 Å². The first kappa shape index (κ1) is 7.92. The lowest BCUT2D eigenvalue weighted by Gasteiger charge is -2.09. The number of ether oxygens (including phenoxy) is 2. The molecule has 0 aromatic rings. The molecule has 0 spiro atoms. The third-order valence-corrected chi connectivity index (χ3v) is 0.893. The molecule has 0 aliphatic rings. The summed E-state index contributed by atoms with van der Waals surface area (Å²) in [6.07, 6.45) is 2.81. The molecule has 0 rings (SSSR count). The fraction of sp³-hybridized carbons (Fsp3) is 0.833. The largest absolute Gasteiger partial charge is 0.356 e. The number of hydrogen-bond donors (Lipinski definition) is 0. The molecule has 0 fully saturated rings. The van der Waals surface area contributed by atoms with Gasteiger partial charge in [-0.2, -0.15) is 0 Å². The predicted molar refractivity (Wildman–Crippen MR) is 32.4 cm³/mol. The van der Waals surface area contributed by atoms with Gasteiger partial charge in [-0.25, -0.2) is 0 Å². The summed E-state index contributed by atoms with van der Waals surface area (Å²) in [7, 11) is 3.25. The van der Waals surface area contributed by atoms with Crippen molar-refractivity contribution in [3.63, 3.8) is 0 Å². The van der Waals surface area contributed by atoms with Crippen LogP contribution in [0.4, 0.5) is 0 Å². The number of rotatable bonds is 4. The summed E-state index contributed by atoms with van der Waals surface area (Å²) in [5.74, 6) is 0. The first-order valence-electron chi connectivity index (χ1n) is 2.74. The van der Waals surface area contributed by atoms with Gasteiger partial charge < -0.3 is 9.47 Å². The second-order valence-corrected chi connectivity index (χ2v) is 1.48. The highest BCUT2D eigenvalue weighted by molar-refractivity contribution is 4.64. The van der Waals surface area contributed by atoms with Crippen LogP contribution in [0.25, 0.3) is 0 Å². The quantitative estimate of drug-likeness (QED) is 0.515.